The smallest absolute Gasteiger partial charge is 0.229 e. The summed E-state index contributed by atoms with van der Waals surface area (Å²) in [7, 11) is 0. The zero-order valence-electron chi connectivity index (χ0n) is 22.4. The number of hydrogen-bond donors (Lipinski definition) is 3. The summed E-state index contributed by atoms with van der Waals surface area (Å²) in [6.45, 7) is 8.78. The van der Waals surface area contributed by atoms with Crippen molar-refractivity contribution in [3.63, 3.8) is 0 Å². The zero-order chi connectivity index (χ0) is 26.4. The SMILES string of the molecule is OCCN1CCN(Cc2ccc(Nc3ncc4cc(C5CCOC5)nc(N[C@H]5CCCOC5)c4n3)nc2)CC1. The maximum atomic E-state index is 9.14. The molecule has 6 heterocycles. The Hall–Kier alpha value is -2.96. The van der Waals surface area contributed by atoms with Gasteiger partial charge in [-0.15, -0.1) is 0 Å². The first kappa shape index (κ1) is 26.3. The molecule has 39 heavy (non-hydrogen) atoms. The molecule has 3 saturated heterocycles. The van der Waals surface area contributed by atoms with Crippen LogP contribution in [0.1, 0.15) is 36.4 Å². The second-order valence-electron chi connectivity index (χ2n) is 10.7. The van der Waals surface area contributed by atoms with Crippen LogP contribution in [0.25, 0.3) is 10.9 Å². The van der Waals surface area contributed by atoms with Crippen LogP contribution in [-0.4, -0.2) is 107 Å². The molecule has 0 spiro atoms. The Kier molecular flexibility index (Phi) is 8.41. The predicted molar refractivity (Wildman–Crippen MR) is 149 cm³/mol. The molecule has 11 heteroatoms. The van der Waals surface area contributed by atoms with E-state index in [1.54, 1.807) is 0 Å². The van der Waals surface area contributed by atoms with Crippen LogP contribution in [0.15, 0.2) is 30.6 Å². The minimum Gasteiger partial charge on any atom is -0.395 e. The lowest BCUT2D eigenvalue weighted by Crippen LogP contribution is -2.46. The number of hydrogen-bond acceptors (Lipinski definition) is 11. The van der Waals surface area contributed by atoms with Gasteiger partial charge >= 0.3 is 0 Å². The topological polar surface area (TPSA) is 121 Å². The normalized spacial score (nSPS) is 22.8. The number of β-amino-alcohol motifs (C(OH)–C–C–N with tert-alkyl or cyclic N) is 1. The molecule has 3 N–H and O–H groups in total. The van der Waals surface area contributed by atoms with Crippen molar-refractivity contribution < 1.29 is 14.6 Å². The summed E-state index contributed by atoms with van der Waals surface area (Å²) in [5.74, 6) is 2.26. The molecule has 11 nitrogen and oxygen atoms in total. The number of nitrogens with zero attached hydrogens (tertiary/aromatic N) is 6. The molecule has 2 atom stereocenters. The van der Waals surface area contributed by atoms with Crippen molar-refractivity contribution in [3.8, 4) is 0 Å². The summed E-state index contributed by atoms with van der Waals surface area (Å²) in [5.41, 5.74) is 2.98. The molecular formula is C28H38N8O3. The predicted octanol–water partition coefficient (Wildman–Crippen LogP) is 2.37. The Morgan fingerprint density at radius 1 is 0.949 bits per heavy atom. The van der Waals surface area contributed by atoms with Gasteiger partial charge in [-0.1, -0.05) is 6.07 Å². The van der Waals surface area contributed by atoms with Gasteiger partial charge in [0.05, 0.1) is 25.9 Å². The lowest BCUT2D eigenvalue weighted by atomic mass is 10.0. The van der Waals surface area contributed by atoms with Gasteiger partial charge in [0.25, 0.3) is 0 Å². The molecule has 0 bridgehead atoms. The van der Waals surface area contributed by atoms with E-state index >= 15 is 0 Å². The first-order chi connectivity index (χ1) is 19.2. The van der Waals surface area contributed by atoms with Crippen molar-refractivity contribution in [2.75, 3.05) is 76.4 Å². The Morgan fingerprint density at radius 2 is 1.82 bits per heavy atom. The summed E-state index contributed by atoms with van der Waals surface area (Å²) < 4.78 is 11.3. The molecule has 0 radical (unpaired) electrons. The quantitative estimate of drug-likeness (QED) is 0.375. The van der Waals surface area contributed by atoms with Crippen LogP contribution in [0.5, 0.6) is 0 Å². The largest absolute Gasteiger partial charge is 0.395 e. The average molecular weight is 535 g/mol. The van der Waals surface area contributed by atoms with Crippen molar-refractivity contribution in [3.05, 3.63) is 41.9 Å². The first-order valence-electron chi connectivity index (χ1n) is 14.1. The third-order valence-electron chi connectivity index (χ3n) is 7.79. The minimum absolute atomic E-state index is 0.211. The lowest BCUT2D eigenvalue weighted by Gasteiger charge is -2.34. The highest BCUT2D eigenvalue weighted by atomic mass is 16.5. The summed E-state index contributed by atoms with van der Waals surface area (Å²) in [5, 5.41) is 17.0. The van der Waals surface area contributed by atoms with E-state index in [0.29, 0.717) is 30.9 Å². The fraction of sp³-hybridized carbons (Fsp3) is 0.571. The molecule has 3 aromatic heterocycles. The number of ether oxygens (including phenoxy) is 2. The third-order valence-corrected chi connectivity index (χ3v) is 7.79. The van der Waals surface area contributed by atoms with Gasteiger partial charge in [-0.25, -0.2) is 19.9 Å². The highest BCUT2D eigenvalue weighted by molar-refractivity contribution is 5.89. The molecule has 1 unspecified atom stereocenters. The van der Waals surface area contributed by atoms with Crippen LogP contribution >= 0.6 is 0 Å². The molecule has 0 aromatic carbocycles. The van der Waals surface area contributed by atoms with E-state index in [-0.39, 0.29) is 12.6 Å². The van der Waals surface area contributed by atoms with Crippen molar-refractivity contribution >= 4 is 28.5 Å². The van der Waals surface area contributed by atoms with Gasteiger partial charge in [0.15, 0.2) is 5.82 Å². The molecule has 3 aliphatic rings. The van der Waals surface area contributed by atoms with E-state index in [1.807, 2.05) is 18.5 Å². The van der Waals surface area contributed by atoms with E-state index in [2.05, 4.69) is 42.5 Å². The molecule has 208 valence electrons. The number of aliphatic hydroxyl groups is 1. The highest BCUT2D eigenvalue weighted by Crippen LogP contribution is 2.30. The van der Waals surface area contributed by atoms with Crippen LogP contribution in [0.2, 0.25) is 0 Å². The minimum atomic E-state index is 0.211. The Labute approximate surface area is 229 Å². The van der Waals surface area contributed by atoms with Crippen LogP contribution in [0, 0.1) is 0 Å². The van der Waals surface area contributed by atoms with Crippen molar-refractivity contribution in [1.82, 2.24) is 29.7 Å². The molecular weight excluding hydrogens is 496 g/mol. The second kappa shape index (κ2) is 12.5. The second-order valence-corrected chi connectivity index (χ2v) is 10.7. The third kappa shape index (κ3) is 6.62. The Bertz CT molecular complexity index is 1220. The first-order valence-corrected chi connectivity index (χ1v) is 14.1. The molecule has 0 saturated carbocycles. The number of aromatic nitrogens is 4. The van der Waals surface area contributed by atoms with Gasteiger partial charge < -0.3 is 25.2 Å². The highest BCUT2D eigenvalue weighted by Gasteiger charge is 2.23. The summed E-state index contributed by atoms with van der Waals surface area (Å²) in [6, 6.07) is 6.38. The Morgan fingerprint density at radius 3 is 2.56 bits per heavy atom. The van der Waals surface area contributed by atoms with E-state index in [4.69, 9.17) is 24.5 Å². The number of rotatable bonds is 9. The monoisotopic (exact) mass is 534 g/mol. The number of piperazine rings is 1. The van der Waals surface area contributed by atoms with Gasteiger partial charge in [0.2, 0.25) is 5.95 Å². The molecule has 3 aromatic rings. The van der Waals surface area contributed by atoms with Crippen LogP contribution in [0.4, 0.5) is 17.6 Å². The van der Waals surface area contributed by atoms with Crippen LogP contribution in [-0.2, 0) is 16.0 Å². The zero-order valence-corrected chi connectivity index (χ0v) is 22.4. The summed E-state index contributed by atoms with van der Waals surface area (Å²) >= 11 is 0. The number of anilines is 3. The summed E-state index contributed by atoms with van der Waals surface area (Å²) in [4.78, 5) is 23.8. The fourth-order valence-corrected chi connectivity index (χ4v) is 5.52. The number of nitrogens with one attached hydrogen (secondary N) is 2. The molecule has 3 aliphatic heterocycles. The number of fused-ring (bicyclic) bond motifs is 1. The maximum absolute atomic E-state index is 9.14. The van der Waals surface area contributed by atoms with Gasteiger partial charge in [-0.05, 0) is 37.0 Å². The van der Waals surface area contributed by atoms with E-state index < -0.39 is 0 Å². The summed E-state index contributed by atoms with van der Waals surface area (Å²) in [6.07, 6.45) is 6.84. The average Bonchev–Trinajstić information content (AvgIpc) is 3.51. The van der Waals surface area contributed by atoms with E-state index in [9.17, 15) is 0 Å². The van der Waals surface area contributed by atoms with Gasteiger partial charge in [0, 0.05) is 81.9 Å². The number of pyridine rings is 2. The molecule has 0 amide bonds. The molecule has 6 rings (SSSR count). The molecule has 3 fully saturated rings. The van der Waals surface area contributed by atoms with Crippen molar-refractivity contribution in [2.45, 2.75) is 37.8 Å². The van der Waals surface area contributed by atoms with Gasteiger partial charge in [0.1, 0.15) is 11.3 Å². The van der Waals surface area contributed by atoms with Crippen molar-refractivity contribution in [2.24, 2.45) is 0 Å². The van der Waals surface area contributed by atoms with Crippen LogP contribution < -0.4 is 10.6 Å². The van der Waals surface area contributed by atoms with Crippen molar-refractivity contribution in [1.29, 1.82) is 0 Å². The van der Waals surface area contributed by atoms with Gasteiger partial charge in [-0.2, -0.15) is 0 Å². The Balaban J connectivity index is 1.16. The van der Waals surface area contributed by atoms with E-state index in [0.717, 1.165) is 94.2 Å². The van der Waals surface area contributed by atoms with E-state index in [1.165, 1.54) is 5.56 Å². The number of aliphatic hydroxyl groups excluding tert-OH is 1. The fourth-order valence-electron chi connectivity index (χ4n) is 5.52. The standard InChI is InChI=1S/C28H38N8O3/c37-11-10-35-6-8-36(9-7-35)17-20-3-4-25(29-15-20)33-28-30-16-22-14-24(21-5-13-39-18-21)32-27(26(22)34-28)31-23-2-1-12-38-19-23/h3-4,14-16,21,23,37H,1-2,5-13,17-19H2,(H,31,32)(H,29,30,33,34)/t21?,23-/m0/s1. The van der Waals surface area contributed by atoms with Crippen LogP contribution in [0.3, 0.4) is 0 Å². The molecule has 0 aliphatic carbocycles. The maximum Gasteiger partial charge on any atom is 0.229 e. The lowest BCUT2D eigenvalue weighted by molar-refractivity contribution is 0.0875. The van der Waals surface area contributed by atoms with Gasteiger partial charge in [-0.3, -0.25) is 9.80 Å².